The Morgan fingerprint density at radius 1 is 0.929 bits per heavy atom. The van der Waals surface area contributed by atoms with Crippen molar-refractivity contribution in [3.8, 4) is 11.1 Å². The van der Waals surface area contributed by atoms with E-state index in [1.54, 1.807) is 24.3 Å². The van der Waals surface area contributed by atoms with Gasteiger partial charge in [0.2, 0.25) is 10.0 Å². The minimum absolute atomic E-state index is 0.116. The highest BCUT2D eigenvalue weighted by atomic mass is 32.2. The summed E-state index contributed by atoms with van der Waals surface area (Å²) in [6.45, 7) is -0.350. The van der Waals surface area contributed by atoms with Crippen LogP contribution in [0.4, 0.5) is 0 Å². The van der Waals surface area contributed by atoms with Gasteiger partial charge in [-0.2, -0.15) is 0 Å². The Bertz CT molecular complexity index is 1230. The molecular formula is C21H17N3O3S. The van der Waals surface area contributed by atoms with Gasteiger partial charge in [0, 0.05) is 5.56 Å². The number of hydrogen-bond acceptors (Lipinski definition) is 4. The molecule has 0 radical (unpaired) electrons. The van der Waals surface area contributed by atoms with Crippen LogP contribution >= 0.6 is 0 Å². The molecule has 6 nitrogen and oxygen atoms in total. The number of Topliss-reactive ketones (excluding diaryl/α,β-unsaturated/α-hetero) is 1. The van der Waals surface area contributed by atoms with Gasteiger partial charge in [-0.05, 0) is 35.4 Å². The molecule has 1 aromatic heterocycles. The number of rotatable bonds is 6. The van der Waals surface area contributed by atoms with Crippen LogP contribution in [0.3, 0.4) is 0 Å². The monoisotopic (exact) mass is 391 g/mol. The molecule has 0 fully saturated rings. The average Bonchev–Trinajstić information content (AvgIpc) is 3.21. The molecule has 0 aliphatic rings. The summed E-state index contributed by atoms with van der Waals surface area (Å²) in [6, 6.07) is 21.3. The van der Waals surface area contributed by atoms with Gasteiger partial charge in [-0.1, -0.05) is 48.5 Å². The fraction of sp³-hybridized carbons (Fsp3) is 0.0476. The zero-order valence-electron chi connectivity index (χ0n) is 14.8. The molecule has 0 amide bonds. The molecule has 0 atom stereocenters. The van der Waals surface area contributed by atoms with Crippen LogP contribution in [0.25, 0.3) is 22.2 Å². The molecule has 0 aliphatic heterocycles. The number of aromatic nitrogens is 2. The molecule has 0 saturated carbocycles. The van der Waals surface area contributed by atoms with E-state index in [1.165, 1.54) is 18.5 Å². The normalized spacial score (nSPS) is 11.6. The Morgan fingerprint density at radius 3 is 2.32 bits per heavy atom. The van der Waals surface area contributed by atoms with Crippen LogP contribution in [-0.2, 0) is 10.0 Å². The van der Waals surface area contributed by atoms with Crippen LogP contribution in [0.15, 0.2) is 84.0 Å². The van der Waals surface area contributed by atoms with Gasteiger partial charge in [-0.3, -0.25) is 4.79 Å². The fourth-order valence-electron chi connectivity index (χ4n) is 3.00. The molecule has 140 valence electrons. The third-order valence-corrected chi connectivity index (χ3v) is 5.82. The lowest BCUT2D eigenvalue weighted by Crippen LogP contribution is -2.29. The first-order valence-electron chi connectivity index (χ1n) is 8.65. The SMILES string of the molecule is O=C(CNS(=O)(=O)c1ccccc1)c1cc(-c2ccccc2)cc2[nH]cnc12. The fourth-order valence-corrected chi connectivity index (χ4v) is 4.00. The summed E-state index contributed by atoms with van der Waals surface area (Å²) >= 11 is 0. The Balaban J connectivity index is 1.65. The second-order valence-electron chi connectivity index (χ2n) is 6.25. The Hall–Kier alpha value is -3.29. The summed E-state index contributed by atoms with van der Waals surface area (Å²) in [4.78, 5) is 20.2. The Morgan fingerprint density at radius 2 is 1.61 bits per heavy atom. The molecule has 0 bridgehead atoms. The number of H-pyrrole nitrogens is 1. The third kappa shape index (κ3) is 3.58. The summed E-state index contributed by atoms with van der Waals surface area (Å²) in [7, 11) is -3.76. The van der Waals surface area contributed by atoms with Gasteiger partial charge in [-0.15, -0.1) is 0 Å². The van der Waals surface area contributed by atoms with Gasteiger partial charge < -0.3 is 4.98 Å². The maximum Gasteiger partial charge on any atom is 0.240 e. The largest absolute Gasteiger partial charge is 0.345 e. The zero-order chi connectivity index (χ0) is 19.6. The number of imidazole rings is 1. The Kier molecular flexibility index (Phi) is 4.77. The number of benzene rings is 3. The van der Waals surface area contributed by atoms with Crippen LogP contribution < -0.4 is 4.72 Å². The molecule has 0 aliphatic carbocycles. The smallest absolute Gasteiger partial charge is 0.240 e. The number of hydrogen-bond donors (Lipinski definition) is 2. The number of carbonyl (C=O) groups excluding carboxylic acids is 1. The first-order chi connectivity index (χ1) is 13.5. The van der Waals surface area contributed by atoms with Gasteiger partial charge in [0.15, 0.2) is 5.78 Å². The van der Waals surface area contributed by atoms with Crippen LogP contribution in [0, 0.1) is 0 Å². The quantitative estimate of drug-likeness (QED) is 0.493. The molecule has 1 heterocycles. The van der Waals surface area contributed by atoms with Gasteiger partial charge in [0.25, 0.3) is 0 Å². The minimum Gasteiger partial charge on any atom is -0.345 e. The molecule has 3 aromatic carbocycles. The third-order valence-electron chi connectivity index (χ3n) is 4.41. The van der Waals surface area contributed by atoms with Crippen molar-refractivity contribution in [2.75, 3.05) is 6.54 Å². The predicted molar refractivity (Wildman–Crippen MR) is 107 cm³/mol. The number of fused-ring (bicyclic) bond motifs is 1. The molecule has 4 aromatic rings. The summed E-state index contributed by atoms with van der Waals surface area (Å²) in [5, 5.41) is 0. The van der Waals surface area contributed by atoms with E-state index in [9.17, 15) is 13.2 Å². The lowest BCUT2D eigenvalue weighted by Gasteiger charge is -2.09. The molecular weight excluding hydrogens is 374 g/mol. The number of ketones is 1. The molecule has 7 heteroatoms. The molecule has 0 spiro atoms. The van der Waals surface area contributed by atoms with E-state index in [1.807, 2.05) is 36.4 Å². The number of nitrogens with zero attached hydrogens (tertiary/aromatic N) is 1. The Labute approximate surface area is 162 Å². The molecule has 2 N–H and O–H groups in total. The first-order valence-corrected chi connectivity index (χ1v) is 10.1. The topological polar surface area (TPSA) is 91.9 Å². The van der Waals surface area contributed by atoms with Crippen molar-refractivity contribution in [3.63, 3.8) is 0 Å². The molecule has 0 saturated heterocycles. The van der Waals surface area contributed by atoms with Crippen molar-refractivity contribution >= 4 is 26.8 Å². The number of nitrogens with one attached hydrogen (secondary N) is 2. The number of sulfonamides is 1. The summed E-state index contributed by atoms with van der Waals surface area (Å²) < 4.78 is 27.1. The van der Waals surface area contributed by atoms with Crippen molar-refractivity contribution in [3.05, 3.63) is 84.7 Å². The molecule has 28 heavy (non-hydrogen) atoms. The van der Waals surface area contributed by atoms with Crippen LogP contribution in [0.1, 0.15) is 10.4 Å². The predicted octanol–water partition coefficient (Wildman–Crippen LogP) is 3.39. The van der Waals surface area contributed by atoms with E-state index in [4.69, 9.17) is 0 Å². The van der Waals surface area contributed by atoms with E-state index >= 15 is 0 Å². The van der Waals surface area contributed by atoms with Crippen LogP contribution in [-0.4, -0.2) is 30.7 Å². The van der Waals surface area contributed by atoms with Crippen molar-refractivity contribution in [1.29, 1.82) is 0 Å². The highest BCUT2D eigenvalue weighted by Crippen LogP contribution is 2.26. The van der Waals surface area contributed by atoms with Crippen molar-refractivity contribution in [2.24, 2.45) is 0 Å². The molecule has 4 rings (SSSR count). The highest BCUT2D eigenvalue weighted by molar-refractivity contribution is 7.89. The van der Waals surface area contributed by atoms with Gasteiger partial charge in [0.1, 0.15) is 0 Å². The zero-order valence-corrected chi connectivity index (χ0v) is 15.6. The minimum atomic E-state index is -3.76. The highest BCUT2D eigenvalue weighted by Gasteiger charge is 2.19. The second kappa shape index (κ2) is 7.38. The van der Waals surface area contributed by atoms with E-state index < -0.39 is 10.0 Å². The van der Waals surface area contributed by atoms with Crippen molar-refractivity contribution in [2.45, 2.75) is 4.90 Å². The molecule has 0 unspecified atom stereocenters. The second-order valence-corrected chi connectivity index (χ2v) is 8.02. The van der Waals surface area contributed by atoms with Gasteiger partial charge in [0.05, 0.1) is 28.8 Å². The number of aromatic amines is 1. The maximum absolute atomic E-state index is 12.8. The van der Waals surface area contributed by atoms with E-state index in [2.05, 4.69) is 14.7 Å². The number of carbonyl (C=O) groups is 1. The summed E-state index contributed by atoms with van der Waals surface area (Å²) in [6.07, 6.45) is 1.52. The van der Waals surface area contributed by atoms with Crippen LogP contribution in [0.2, 0.25) is 0 Å². The lowest BCUT2D eigenvalue weighted by molar-refractivity contribution is 0.0998. The maximum atomic E-state index is 12.8. The standard InChI is InChI=1S/C21H17N3O3S/c25-20(13-24-28(26,27)17-9-5-2-6-10-17)18-11-16(15-7-3-1-4-8-15)12-19-21(18)23-14-22-19/h1-12,14,24H,13H2,(H,22,23). The van der Waals surface area contributed by atoms with E-state index in [0.29, 0.717) is 11.1 Å². The lowest BCUT2D eigenvalue weighted by atomic mass is 10.00. The van der Waals surface area contributed by atoms with Crippen molar-refractivity contribution < 1.29 is 13.2 Å². The van der Waals surface area contributed by atoms with Crippen molar-refractivity contribution in [1.82, 2.24) is 14.7 Å². The van der Waals surface area contributed by atoms with E-state index in [-0.39, 0.29) is 17.2 Å². The van der Waals surface area contributed by atoms with E-state index in [0.717, 1.165) is 16.6 Å². The average molecular weight is 391 g/mol. The van der Waals surface area contributed by atoms with Gasteiger partial charge in [-0.25, -0.2) is 18.1 Å². The summed E-state index contributed by atoms with van der Waals surface area (Å²) in [5.41, 5.74) is 3.41. The van der Waals surface area contributed by atoms with Gasteiger partial charge >= 0.3 is 0 Å². The summed E-state index contributed by atoms with van der Waals surface area (Å²) in [5.74, 6) is -0.352. The first kappa shape index (κ1) is 18.1. The van der Waals surface area contributed by atoms with Crippen LogP contribution in [0.5, 0.6) is 0 Å².